The quantitative estimate of drug-likeness (QED) is 0.182. The highest BCUT2D eigenvalue weighted by Crippen LogP contribution is 2.46. The maximum atomic E-state index is 11.7. The fraction of sp³-hybridized carbons (Fsp3) is 0.200. The van der Waals surface area contributed by atoms with E-state index in [0.29, 0.717) is 5.75 Å². The van der Waals surface area contributed by atoms with Gasteiger partial charge >= 0.3 is 11.4 Å². The highest BCUT2D eigenvalue weighted by Gasteiger charge is 2.33. The van der Waals surface area contributed by atoms with E-state index in [4.69, 9.17) is 4.74 Å². The van der Waals surface area contributed by atoms with Gasteiger partial charge in [-0.05, 0) is 28.8 Å². The second-order valence-electron chi connectivity index (χ2n) is 9.93. The zero-order valence-electron chi connectivity index (χ0n) is 21.2. The number of hydrogen-bond acceptors (Lipinski definition) is 5. The van der Waals surface area contributed by atoms with Gasteiger partial charge in [-0.1, -0.05) is 100 Å². The van der Waals surface area contributed by atoms with E-state index >= 15 is 0 Å². The molecule has 0 aliphatic carbocycles. The molecule has 0 saturated carbocycles. The minimum atomic E-state index is -0.669. The first-order valence-electron chi connectivity index (χ1n) is 11.9. The minimum absolute atomic E-state index is 0.318. The lowest BCUT2D eigenvalue weighted by molar-refractivity contribution is -0.395. The fourth-order valence-corrected chi connectivity index (χ4v) is 4.54. The topological polar surface area (TPSA) is 95.5 Å². The summed E-state index contributed by atoms with van der Waals surface area (Å²) >= 11 is 0. The highest BCUT2D eigenvalue weighted by molar-refractivity contribution is 5.62. The van der Waals surface area contributed by atoms with Gasteiger partial charge < -0.3 is 4.74 Å². The van der Waals surface area contributed by atoms with Crippen molar-refractivity contribution in [3.8, 4) is 11.5 Å². The van der Waals surface area contributed by atoms with Crippen molar-refractivity contribution >= 4 is 11.4 Å². The summed E-state index contributed by atoms with van der Waals surface area (Å²) in [5.41, 5.74) is 2.03. The lowest BCUT2D eigenvalue weighted by Gasteiger charge is -2.32. The van der Waals surface area contributed by atoms with Crippen LogP contribution in [-0.4, -0.2) is 9.85 Å². The zero-order valence-corrected chi connectivity index (χ0v) is 21.2. The number of rotatable bonds is 8. The van der Waals surface area contributed by atoms with Gasteiger partial charge in [-0.2, -0.15) is 0 Å². The molecule has 0 radical (unpaired) electrons. The monoisotopic (exact) mass is 496 g/mol. The fourth-order valence-electron chi connectivity index (χ4n) is 4.54. The first-order chi connectivity index (χ1) is 17.5. The van der Waals surface area contributed by atoms with Crippen LogP contribution in [0, 0.1) is 20.2 Å². The van der Waals surface area contributed by atoms with Gasteiger partial charge in [-0.3, -0.25) is 20.2 Å². The number of nitrogens with zero attached hydrogens (tertiary/aromatic N) is 2. The van der Waals surface area contributed by atoms with Gasteiger partial charge in [0, 0.05) is 28.5 Å². The van der Waals surface area contributed by atoms with Gasteiger partial charge in [0.25, 0.3) is 5.75 Å². The summed E-state index contributed by atoms with van der Waals surface area (Å²) in [6.07, 6.45) is 0. The summed E-state index contributed by atoms with van der Waals surface area (Å²) in [6.45, 7) is 8.34. The van der Waals surface area contributed by atoms with Crippen LogP contribution in [0.5, 0.6) is 11.5 Å². The summed E-state index contributed by atoms with van der Waals surface area (Å²) < 4.78 is 6.09. The number of hydrogen-bond donors (Lipinski definition) is 0. The van der Waals surface area contributed by atoms with Gasteiger partial charge in [0.1, 0.15) is 5.75 Å². The predicted octanol–water partition coefficient (Wildman–Crippen LogP) is 7.95. The summed E-state index contributed by atoms with van der Waals surface area (Å²) in [5.74, 6) is -0.0726. The molecular formula is C30H28N2O5. The minimum Gasteiger partial charge on any atom is -0.444 e. The zero-order chi connectivity index (χ0) is 26.8. The smallest absolute Gasteiger partial charge is 0.318 e. The summed E-state index contributed by atoms with van der Waals surface area (Å²) in [6, 6.07) is 29.3. The number of para-hydroxylation sites is 1. The Labute approximate surface area is 215 Å². The van der Waals surface area contributed by atoms with Crippen molar-refractivity contribution < 1.29 is 14.6 Å². The van der Waals surface area contributed by atoms with Crippen LogP contribution in [0.4, 0.5) is 11.4 Å². The van der Waals surface area contributed by atoms with Crippen molar-refractivity contribution in [1.82, 2.24) is 0 Å². The lowest BCUT2D eigenvalue weighted by Crippen LogP contribution is -2.23. The highest BCUT2D eigenvalue weighted by atomic mass is 16.6. The molecule has 0 bridgehead atoms. The van der Waals surface area contributed by atoms with E-state index in [9.17, 15) is 20.2 Å². The summed E-state index contributed by atoms with van der Waals surface area (Å²) in [5, 5.41) is 23.5. The van der Waals surface area contributed by atoms with Gasteiger partial charge in [0.2, 0.25) is 0 Å². The number of nitro groups is 2. The first kappa shape index (κ1) is 25.6. The molecule has 0 atom stereocenters. The molecule has 0 fully saturated rings. The maximum Gasteiger partial charge on any atom is 0.318 e. The van der Waals surface area contributed by atoms with E-state index in [1.54, 1.807) is 6.07 Å². The molecule has 0 saturated heterocycles. The van der Waals surface area contributed by atoms with Crippen LogP contribution < -0.4 is 4.74 Å². The molecule has 188 valence electrons. The molecule has 7 nitrogen and oxygen atoms in total. The molecule has 4 rings (SSSR count). The maximum absolute atomic E-state index is 11.7. The van der Waals surface area contributed by atoms with Crippen molar-refractivity contribution in [2.24, 2.45) is 0 Å². The van der Waals surface area contributed by atoms with Crippen LogP contribution >= 0.6 is 0 Å². The molecule has 0 aliphatic rings. The average Bonchev–Trinajstić information content (AvgIpc) is 2.89. The Morgan fingerprint density at radius 2 is 1.08 bits per heavy atom. The van der Waals surface area contributed by atoms with Gasteiger partial charge in [-0.25, -0.2) is 0 Å². The number of nitro benzene ring substituents is 2. The Balaban J connectivity index is 1.94. The second kappa shape index (κ2) is 9.85. The van der Waals surface area contributed by atoms with E-state index in [1.807, 2.05) is 74.5 Å². The molecular weight excluding hydrogens is 468 g/mol. The number of benzene rings is 4. The van der Waals surface area contributed by atoms with Crippen molar-refractivity contribution in [3.05, 3.63) is 140 Å². The van der Waals surface area contributed by atoms with Crippen LogP contribution in [-0.2, 0) is 10.8 Å². The van der Waals surface area contributed by atoms with Gasteiger partial charge in [0.15, 0.2) is 0 Å². The molecule has 0 heterocycles. The number of ether oxygens (including phenoxy) is 1. The molecule has 0 aliphatic heterocycles. The third-order valence-corrected chi connectivity index (χ3v) is 6.94. The van der Waals surface area contributed by atoms with Crippen molar-refractivity contribution in [1.29, 1.82) is 0 Å². The Hall–Kier alpha value is -4.52. The van der Waals surface area contributed by atoms with Crippen LogP contribution in [0.3, 0.4) is 0 Å². The standard InChI is InChI=1S/C30H28N2O5/c1-29(2,21-12-7-5-8-13-21)23-18-19-27(24(20-23)30(3,4)22-14-9-6-10-15-22)37-28-25(31(33)34)16-11-17-26(28)32(35)36/h5-20H,1-4H3. The van der Waals surface area contributed by atoms with E-state index in [0.717, 1.165) is 22.3 Å². The van der Waals surface area contributed by atoms with Gasteiger partial charge in [-0.15, -0.1) is 0 Å². The molecule has 4 aromatic rings. The lowest BCUT2D eigenvalue weighted by atomic mass is 9.73. The largest absolute Gasteiger partial charge is 0.444 e. The van der Waals surface area contributed by atoms with E-state index in [2.05, 4.69) is 26.0 Å². The summed E-state index contributed by atoms with van der Waals surface area (Å²) in [4.78, 5) is 22.1. The molecule has 0 unspecified atom stereocenters. The third kappa shape index (κ3) is 4.93. The van der Waals surface area contributed by atoms with E-state index < -0.39 is 32.4 Å². The Kier molecular flexibility index (Phi) is 6.81. The first-order valence-corrected chi connectivity index (χ1v) is 11.9. The van der Waals surface area contributed by atoms with Crippen LogP contribution in [0.15, 0.2) is 97.1 Å². The van der Waals surface area contributed by atoms with Crippen LogP contribution in [0.1, 0.15) is 49.9 Å². The Morgan fingerprint density at radius 1 is 0.595 bits per heavy atom. The Morgan fingerprint density at radius 3 is 1.57 bits per heavy atom. The Bertz CT molecular complexity index is 1420. The predicted molar refractivity (Wildman–Crippen MR) is 143 cm³/mol. The average molecular weight is 497 g/mol. The molecule has 0 N–H and O–H groups in total. The van der Waals surface area contributed by atoms with E-state index in [-0.39, 0.29) is 5.41 Å². The molecule has 4 aromatic carbocycles. The van der Waals surface area contributed by atoms with Gasteiger partial charge in [0.05, 0.1) is 9.85 Å². The van der Waals surface area contributed by atoms with E-state index in [1.165, 1.54) is 18.2 Å². The normalized spacial score (nSPS) is 11.7. The van der Waals surface area contributed by atoms with Crippen molar-refractivity contribution in [2.45, 2.75) is 38.5 Å². The molecule has 7 heteroatoms. The van der Waals surface area contributed by atoms with Crippen molar-refractivity contribution in [2.75, 3.05) is 0 Å². The van der Waals surface area contributed by atoms with Crippen LogP contribution in [0.25, 0.3) is 0 Å². The van der Waals surface area contributed by atoms with Crippen molar-refractivity contribution in [3.63, 3.8) is 0 Å². The SMILES string of the molecule is CC(C)(c1ccccc1)c1ccc(Oc2c([N+](=O)[O-])cccc2[N+](=O)[O-])c(C(C)(C)c2ccccc2)c1. The molecule has 0 amide bonds. The molecule has 0 spiro atoms. The third-order valence-electron chi connectivity index (χ3n) is 6.94. The van der Waals surface area contributed by atoms with Crippen LogP contribution in [0.2, 0.25) is 0 Å². The second-order valence-corrected chi connectivity index (χ2v) is 9.93. The molecule has 37 heavy (non-hydrogen) atoms. The summed E-state index contributed by atoms with van der Waals surface area (Å²) in [7, 11) is 0. The molecule has 0 aromatic heterocycles.